The molecule has 7 nitrogen and oxygen atoms in total. The maximum atomic E-state index is 8.92. The number of nitrogens with two attached hydrogens (primary N) is 1. The Morgan fingerprint density at radius 2 is 1.68 bits per heavy atom. The van der Waals surface area contributed by atoms with E-state index in [1.54, 1.807) is 0 Å². The van der Waals surface area contributed by atoms with Crippen LogP contribution in [0.3, 0.4) is 0 Å². The van der Waals surface area contributed by atoms with Crippen LogP contribution in [0.15, 0.2) is 60.9 Å². The zero-order valence-corrected chi connectivity index (χ0v) is 21.9. The Kier molecular flexibility index (Phi) is 7.42. The molecule has 1 spiro atoms. The smallest absolute Gasteiger partial charge is 0.141 e. The van der Waals surface area contributed by atoms with E-state index in [0.29, 0.717) is 40.1 Å². The van der Waals surface area contributed by atoms with Crippen molar-refractivity contribution in [3.05, 3.63) is 72.1 Å². The van der Waals surface area contributed by atoms with E-state index in [9.17, 15) is 0 Å². The molecular weight excluding hydrogens is 460 g/mol. The summed E-state index contributed by atoms with van der Waals surface area (Å²) in [6, 6.07) is 18.2. The van der Waals surface area contributed by atoms with Gasteiger partial charge in [-0.05, 0) is 80.3 Å². The van der Waals surface area contributed by atoms with Crippen molar-refractivity contribution in [1.29, 1.82) is 5.41 Å². The number of ether oxygens (including phenoxy) is 1. The minimum atomic E-state index is 0.305. The van der Waals surface area contributed by atoms with Gasteiger partial charge in [0.05, 0.1) is 11.3 Å². The van der Waals surface area contributed by atoms with Gasteiger partial charge in [0.15, 0.2) is 0 Å². The van der Waals surface area contributed by atoms with Crippen LogP contribution in [0.2, 0.25) is 0 Å². The molecule has 1 aliphatic heterocycles. The molecule has 2 aromatic carbocycles. The van der Waals surface area contributed by atoms with Crippen molar-refractivity contribution in [2.24, 2.45) is 5.41 Å². The molecule has 1 aliphatic carbocycles. The summed E-state index contributed by atoms with van der Waals surface area (Å²) in [4.78, 5) is 11.4. The summed E-state index contributed by atoms with van der Waals surface area (Å²) >= 11 is 0. The molecule has 1 aromatic heterocycles. The van der Waals surface area contributed by atoms with Gasteiger partial charge in [-0.2, -0.15) is 0 Å². The molecule has 194 valence electrons. The Balaban J connectivity index is 1.23. The topological polar surface area (TPSA) is 100 Å². The predicted octanol–water partition coefficient (Wildman–Crippen LogP) is 6.11. The number of likely N-dealkylation sites (tertiary alicyclic amines) is 1. The second-order valence-corrected chi connectivity index (χ2v) is 10.6. The van der Waals surface area contributed by atoms with Gasteiger partial charge in [0, 0.05) is 30.7 Å². The Morgan fingerprint density at radius 1 is 1.03 bits per heavy atom. The lowest BCUT2D eigenvalue weighted by molar-refractivity contribution is -0.0580. The largest absolute Gasteiger partial charge is 0.457 e. The summed E-state index contributed by atoms with van der Waals surface area (Å²) in [7, 11) is 0. The molecule has 2 fully saturated rings. The molecule has 2 heterocycles. The average Bonchev–Trinajstić information content (AvgIpc) is 2.90. The number of benzene rings is 2. The number of hydrogen-bond donors (Lipinski definition) is 3. The molecule has 1 saturated carbocycles. The van der Waals surface area contributed by atoms with Crippen LogP contribution in [0, 0.1) is 10.8 Å². The van der Waals surface area contributed by atoms with Gasteiger partial charge in [0.1, 0.15) is 29.5 Å². The quantitative estimate of drug-likeness (QED) is 0.308. The number of hydrogen-bond acceptors (Lipinski definition) is 7. The van der Waals surface area contributed by atoms with Crippen molar-refractivity contribution >= 4 is 17.3 Å². The van der Waals surface area contributed by atoms with Crippen LogP contribution >= 0.6 is 0 Å². The number of nitrogens with zero attached hydrogens (tertiary/aromatic N) is 3. The molecule has 0 bridgehead atoms. The SMILES string of the molecule is CCC(CC)N1CC2(CCC(Nc3ncnc(N)c3C(=N)c3ccc(Oc4ccccc4)cc3)CC2)C1. The number of nitrogen functional groups attached to an aromatic ring is 1. The number of para-hydroxylation sites is 1. The first-order valence-corrected chi connectivity index (χ1v) is 13.5. The molecular formula is C30H38N6O. The first kappa shape index (κ1) is 25.2. The third-order valence-corrected chi connectivity index (χ3v) is 8.17. The van der Waals surface area contributed by atoms with Crippen LogP contribution in [0.25, 0.3) is 0 Å². The van der Waals surface area contributed by atoms with E-state index < -0.39 is 0 Å². The monoisotopic (exact) mass is 498 g/mol. The van der Waals surface area contributed by atoms with Crippen molar-refractivity contribution in [3.63, 3.8) is 0 Å². The van der Waals surface area contributed by atoms with E-state index in [0.717, 1.165) is 30.2 Å². The predicted molar refractivity (Wildman–Crippen MR) is 150 cm³/mol. The van der Waals surface area contributed by atoms with Crippen molar-refractivity contribution in [3.8, 4) is 11.5 Å². The highest BCUT2D eigenvalue weighted by Crippen LogP contribution is 2.45. The van der Waals surface area contributed by atoms with Gasteiger partial charge in [-0.1, -0.05) is 32.0 Å². The molecule has 7 heteroatoms. The van der Waals surface area contributed by atoms with E-state index >= 15 is 0 Å². The van der Waals surface area contributed by atoms with Crippen LogP contribution < -0.4 is 15.8 Å². The zero-order chi connectivity index (χ0) is 25.8. The molecule has 5 rings (SSSR count). The van der Waals surface area contributed by atoms with Crippen molar-refractivity contribution in [2.45, 2.75) is 64.5 Å². The van der Waals surface area contributed by atoms with E-state index in [4.69, 9.17) is 15.9 Å². The first-order valence-electron chi connectivity index (χ1n) is 13.5. The third kappa shape index (κ3) is 5.47. The molecule has 3 aromatic rings. The zero-order valence-electron chi connectivity index (χ0n) is 21.9. The number of anilines is 2. The Morgan fingerprint density at radius 3 is 2.32 bits per heavy atom. The summed E-state index contributed by atoms with van der Waals surface area (Å²) in [5.41, 5.74) is 8.37. The molecule has 0 amide bonds. The third-order valence-electron chi connectivity index (χ3n) is 8.17. The van der Waals surface area contributed by atoms with Crippen LogP contribution in [0.4, 0.5) is 11.6 Å². The fraction of sp³-hybridized carbons (Fsp3) is 0.433. The van der Waals surface area contributed by atoms with Crippen molar-refractivity contribution < 1.29 is 4.74 Å². The summed E-state index contributed by atoms with van der Waals surface area (Å²) < 4.78 is 5.89. The van der Waals surface area contributed by atoms with Gasteiger partial charge >= 0.3 is 0 Å². The van der Waals surface area contributed by atoms with E-state index in [2.05, 4.69) is 34.0 Å². The number of aromatic nitrogens is 2. The maximum absolute atomic E-state index is 8.92. The number of nitrogens with one attached hydrogen (secondary N) is 2. The summed E-state index contributed by atoms with van der Waals surface area (Å²) in [6.45, 7) is 7.09. The van der Waals surface area contributed by atoms with Gasteiger partial charge in [-0.15, -0.1) is 0 Å². The standard InChI is InChI=1S/C30H38N6O/c1-3-23(4-2)36-18-30(19-36)16-14-22(15-17-30)35-29-26(28(32)33-20-34-29)27(31)21-10-12-25(13-11-21)37-24-8-6-5-7-9-24/h5-13,20,22-23,31H,3-4,14-19H2,1-2H3,(H3,32,33,34,35). The lowest BCUT2D eigenvalue weighted by Gasteiger charge is -2.56. The van der Waals surface area contributed by atoms with Gasteiger partial charge < -0.3 is 15.8 Å². The van der Waals surface area contributed by atoms with Crippen LogP contribution in [-0.4, -0.2) is 45.8 Å². The lowest BCUT2D eigenvalue weighted by Crippen LogP contribution is -2.61. The summed E-state index contributed by atoms with van der Waals surface area (Å²) in [5.74, 6) is 2.46. The minimum absolute atomic E-state index is 0.305. The molecule has 0 unspecified atom stereocenters. The van der Waals surface area contributed by atoms with Crippen LogP contribution in [0.5, 0.6) is 11.5 Å². The molecule has 0 radical (unpaired) electrons. The molecule has 37 heavy (non-hydrogen) atoms. The highest BCUT2D eigenvalue weighted by atomic mass is 16.5. The fourth-order valence-electron chi connectivity index (χ4n) is 5.98. The highest BCUT2D eigenvalue weighted by molar-refractivity contribution is 6.16. The molecule has 4 N–H and O–H groups in total. The Bertz CT molecular complexity index is 1190. The van der Waals surface area contributed by atoms with Crippen molar-refractivity contribution in [2.75, 3.05) is 24.1 Å². The average molecular weight is 499 g/mol. The second kappa shape index (κ2) is 10.9. The second-order valence-electron chi connectivity index (χ2n) is 10.6. The van der Waals surface area contributed by atoms with E-state index in [1.807, 2.05) is 54.6 Å². The minimum Gasteiger partial charge on any atom is -0.457 e. The molecule has 0 atom stereocenters. The Labute approximate surface area is 220 Å². The van der Waals surface area contributed by atoms with Crippen LogP contribution in [0.1, 0.15) is 63.5 Å². The van der Waals surface area contributed by atoms with Gasteiger partial charge in [0.2, 0.25) is 0 Å². The lowest BCUT2D eigenvalue weighted by atomic mass is 9.66. The van der Waals surface area contributed by atoms with Gasteiger partial charge in [-0.25, -0.2) is 9.97 Å². The van der Waals surface area contributed by atoms with E-state index in [1.165, 1.54) is 45.1 Å². The summed E-state index contributed by atoms with van der Waals surface area (Å²) in [5, 5.41) is 12.5. The first-order chi connectivity index (χ1) is 18.0. The molecule has 2 aliphatic rings. The van der Waals surface area contributed by atoms with E-state index in [-0.39, 0.29) is 0 Å². The summed E-state index contributed by atoms with van der Waals surface area (Å²) in [6.07, 6.45) is 8.65. The Hall–Kier alpha value is -3.45. The van der Waals surface area contributed by atoms with Gasteiger partial charge in [0.25, 0.3) is 0 Å². The van der Waals surface area contributed by atoms with Crippen molar-refractivity contribution in [1.82, 2.24) is 14.9 Å². The van der Waals surface area contributed by atoms with Gasteiger partial charge in [-0.3, -0.25) is 10.3 Å². The molecule has 1 saturated heterocycles. The highest BCUT2D eigenvalue weighted by Gasteiger charge is 2.46. The van der Waals surface area contributed by atoms with Crippen LogP contribution in [-0.2, 0) is 0 Å². The maximum Gasteiger partial charge on any atom is 0.141 e. The number of rotatable bonds is 9. The normalized spacial score (nSPS) is 17.5. The fourth-order valence-corrected chi connectivity index (χ4v) is 5.98.